The van der Waals surface area contributed by atoms with Gasteiger partial charge in [-0.2, -0.15) is 10.2 Å². The van der Waals surface area contributed by atoms with Crippen LogP contribution in [0.25, 0.3) is 0 Å². The second-order valence-electron chi connectivity index (χ2n) is 5.61. The maximum absolute atomic E-state index is 10.9. The van der Waals surface area contributed by atoms with Crippen LogP contribution in [0, 0.1) is 0 Å². The van der Waals surface area contributed by atoms with Crippen LogP contribution in [0.4, 0.5) is 0 Å². The van der Waals surface area contributed by atoms with Crippen molar-refractivity contribution in [1.82, 2.24) is 0 Å². The predicted octanol–water partition coefficient (Wildman–Crippen LogP) is 3.61. The molecule has 2 N–H and O–H groups in total. The number of rotatable bonds is 9. The predicted molar refractivity (Wildman–Crippen MR) is 99.7 cm³/mol. The van der Waals surface area contributed by atoms with Crippen LogP contribution >= 0.6 is 0 Å². The quantitative estimate of drug-likeness (QED) is 0.532. The standard InChI is InChI=1S/C20H20N2O4/c23-19(24)13-11-17(15-7-3-1-4-8-15)21-22-18(12-14-20(25)26)16-9-5-2-6-10-16/h1-10H,11-14H2,(H,23,24)(H,25,26)/b21-17-,22-18-. The van der Waals surface area contributed by atoms with Crippen LogP contribution in [-0.4, -0.2) is 33.6 Å². The minimum atomic E-state index is -0.910. The fourth-order valence-electron chi connectivity index (χ4n) is 2.34. The summed E-state index contributed by atoms with van der Waals surface area (Å²) in [5.41, 5.74) is 2.69. The number of aliphatic carboxylic acids is 2. The number of nitrogens with zero attached hydrogens (tertiary/aromatic N) is 2. The summed E-state index contributed by atoms with van der Waals surface area (Å²) in [6.45, 7) is 0. The van der Waals surface area contributed by atoms with Gasteiger partial charge in [-0.25, -0.2) is 0 Å². The number of hydrogen-bond acceptors (Lipinski definition) is 4. The van der Waals surface area contributed by atoms with Gasteiger partial charge in [-0.15, -0.1) is 0 Å². The van der Waals surface area contributed by atoms with Crippen molar-refractivity contribution in [2.75, 3.05) is 0 Å². The Bertz CT molecular complexity index is 730. The van der Waals surface area contributed by atoms with Crippen molar-refractivity contribution in [3.05, 3.63) is 71.8 Å². The molecular weight excluding hydrogens is 332 g/mol. The lowest BCUT2D eigenvalue weighted by Crippen LogP contribution is -2.07. The van der Waals surface area contributed by atoms with E-state index in [1.54, 1.807) is 0 Å². The third kappa shape index (κ3) is 6.32. The van der Waals surface area contributed by atoms with Crippen molar-refractivity contribution in [2.45, 2.75) is 25.7 Å². The summed E-state index contributed by atoms with van der Waals surface area (Å²) in [5, 5.41) is 26.4. The van der Waals surface area contributed by atoms with Gasteiger partial charge in [0.1, 0.15) is 0 Å². The van der Waals surface area contributed by atoms with Gasteiger partial charge in [-0.05, 0) is 11.1 Å². The summed E-state index contributed by atoms with van der Waals surface area (Å²) in [6.07, 6.45) is 0.367. The summed E-state index contributed by atoms with van der Waals surface area (Å²) < 4.78 is 0. The molecule has 26 heavy (non-hydrogen) atoms. The highest BCUT2D eigenvalue weighted by atomic mass is 16.4. The Morgan fingerprint density at radius 1 is 0.615 bits per heavy atom. The summed E-state index contributed by atoms with van der Waals surface area (Å²) in [5.74, 6) is -1.82. The molecule has 2 aromatic rings. The maximum atomic E-state index is 10.9. The highest BCUT2D eigenvalue weighted by molar-refractivity contribution is 6.04. The van der Waals surface area contributed by atoms with E-state index in [2.05, 4.69) is 10.2 Å². The Kier molecular flexibility index (Phi) is 7.24. The minimum Gasteiger partial charge on any atom is -0.481 e. The monoisotopic (exact) mass is 352 g/mol. The van der Waals surface area contributed by atoms with E-state index < -0.39 is 11.9 Å². The highest BCUT2D eigenvalue weighted by Gasteiger charge is 2.09. The first-order valence-corrected chi connectivity index (χ1v) is 8.24. The SMILES string of the molecule is O=C(O)CC/C(=N/N=C(/CCC(=O)O)c1ccccc1)c1ccccc1. The molecule has 0 saturated carbocycles. The molecule has 0 bridgehead atoms. The second-order valence-corrected chi connectivity index (χ2v) is 5.61. The lowest BCUT2D eigenvalue weighted by atomic mass is 10.1. The van der Waals surface area contributed by atoms with Crippen LogP contribution in [0.3, 0.4) is 0 Å². The Hall–Kier alpha value is -3.28. The molecule has 0 spiro atoms. The summed E-state index contributed by atoms with van der Waals surface area (Å²) in [4.78, 5) is 21.8. The van der Waals surface area contributed by atoms with Crippen molar-refractivity contribution in [3.63, 3.8) is 0 Å². The Morgan fingerprint density at radius 2 is 0.962 bits per heavy atom. The van der Waals surface area contributed by atoms with Crippen LogP contribution < -0.4 is 0 Å². The lowest BCUT2D eigenvalue weighted by molar-refractivity contribution is -0.137. The van der Waals surface area contributed by atoms with Gasteiger partial charge >= 0.3 is 11.9 Å². The molecule has 6 heteroatoms. The molecule has 0 heterocycles. The third-order valence-electron chi connectivity index (χ3n) is 3.66. The molecule has 2 aromatic carbocycles. The molecular formula is C20H20N2O4. The van der Waals surface area contributed by atoms with Crippen LogP contribution in [0.5, 0.6) is 0 Å². The fraction of sp³-hybridized carbons (Fsp3) is 0.200. The van der Waals surface area contributed by atoms with Crippen LogP contribution in [0.15, 0.2) is 70.9 Å². The van der Waals surface area contributed by atoms with Gasteiger partial charge in [0, 0.05) is 12.8 Å². The zero-order valence-electron chi connectivity index (χ0n) is 14.2. The first kappa shape index (κ1) is 19.1. The molecule has 0 aliphatic rings. The Morgan fingerprint density at radius 3 is 1.27 bits per heavy atom. The van der Waals surface area contributed by atoms with Crippen LogP contribution in [0.2, 0.25) is 0 Å². The minimum absolute atomic E-state index is 0.0565. The Labute approximate surface area is 151 Å². The van der Waals surface area contributed by atoms with E-state index in [4.69, 9.17) is 10.2 Å². The second kappa shape index (κ2) is 9.88. The van der Waals surface area contributed by atoms with Crippen LogP contribution in [-0.2, 0) is 9.59 Å². The molecule has 0 aliphatic carbocycles. The number of carboxylic acid groups (broad SMARTS) is 2. The van der Waals surface area contributed by atoms with E-state index in [-0.39, 0.29) is 25.7 Å². The normalized spacial score (nSPS) is 12.0. The number of benzene rings is 2. The van der Waals surface area contributed by atoms with Gasteiger partial charge in [-0.1, -0.05) is 60.7 Å². The zero-order chi connectivity index (χ0) is 18.8. The molecule has 0 aromatic heterocycles. The van der Waals surface area contributed by atoms with Crippen molar-refractivity contribution in [3.8, 4) is 0 Å². The molecule has 0 aliphatic heterocycles. The van der Waals surface area contributed by atoms with Crippen molar-refractivity contribution in [1.29, 1.82) is 0 Å². The van der Waals surface area contributed by atoms with Crippen molar-refractivity contribution < 1.29 is 19.8 Å². The number of carboxylic acids is 2. The number of hydrogen-bond donors (Lipinski definition) is 2. The van der Waals surface area contributed by atoms with Gasteiger partial charge in [-0.3, -0.25) is 9.59 Å². The van der Waals surface area contributed by atoms with Gasteiger partial charge < -0.3 is 10.2 Å². The van der Waals surface area contributed by atoms with Crippen LogP contribution in [0.1, 0.15) is 36.8 Å². The third-order valence-corrected chi connectivity index (χ3v) is 3.66. The van der Waals surface area contributed by atoms with E-state index in [1.807, 2.05) is 60.7 Å². The fourth-order valence-corrected chi connectivity index (χ4v) is 2.34. The van der Waals surface area contributed by atoms with Gasteiger partial charge in [0.05, 0.1) is 24.3 Å². The smallest absolute Gasteiger partial charge is 0.303 e. The maximum Gasteiger partial charge on any atom is 0.303 e. The molecule has 2 rings (SSSR count). The lowest BCUT2D eigenvalue weighted by Gasteiger charge is -2.06. The van der Waals surface area contributed by atoms with Crippen molar-refractivity contribution in [2.24, 2.45) is 10.2 Å². The summed E-state index contributed by atoms with van der Waals surface area (Å²) in [6, 6.07) is 18.5. The molecule has 0 atom stereocenters. The molecule has 0 saturated heterocycles. The van der Waals surface area contributed by atoms with Gasteiger partial charge in [0.25, 0.3) is 0 Å². The van der Waals surface area contributed by atoms with E-state index in [9.17, 15) is 9.59 Å². The average molecular weight is 352 g/mol. The largest absolute Gasteiger partial charge is 0.481 e. The van der Waals surface area contributed by atoms with Gasteiger partial charge in [0.2, 0.25) is 0 Å². The molecule has 0 fully saturated rings. The molecule has 6 nitrogen and oxygen atoms in total. The molecule has 0 amide bonds. The summed E-state index contributed by atoms with van der Waals surface area (Å²) in [7, 11) is 0. The summed E-state index contributed by atoms with van der Waals surface area (Å²) >= 11 is 0. The average Bonchev–Trinajstić information content (AvgIpc) is 2.65. The van der Waals surface area contributed by atoms with Gasteiger partial charge in [0.15, 0.2) is 0 Å². The zero-order valence-corrected chi connectivity index (χ0v) is 14.2. The van der Waals surface area contributed by atoms with Crippen molar-refractivity contribution >= 4 is 23.4 Å². The molecule has 0 unspecified atom stereocenters. The first-order chi connectivity index (χ1) is 12.6. The number of carbonyl (C=O) groups is 2. The van der Waals surface area contributed by atoms with E-state index in [1.165, 1.54) is 0 Å². The van der Waals surface area contributed by atoms with E-state index in [0.717, 1.165) is 11.1 Å². The molecule has 134 valence electrons. The highest BCUT2D eigenvalue weighted by Crippen LogP contribution is 2.11. The van der Waals surface area contributed by atoms with E-state index >= 15 is 0 Å². The Balaban J connectivity index is 2.35. The molecule has 0 radical (unpaired) electrons. The van der Waals surface area contributed by atoms with E-state index in [0.29, 0.717) is 11.4 Å². The first-order valence-electron chi connectivity index (χ1n) is 8.24. The topological polar surface area (TPSA) is 99.3 Å².